The van der Waals surface area contributed by atoms with E-state index in [0.717, 1.165) is 0 Å². The molecule has 0 unspecified atom stereocenters. The summed E-state index contributed by atoms with van der Waals surface area (Å²) in [5, 5.41) is 17.3. The van der Waals surface area contributed by atoms with E-state index >= 15 is 0 Å². The SMILES string of the molecule is Br.Cc1ccccc1.NCc1ccccc1.Oc1ccc(O)cc1. The number of phenols is 2. The lowest BCUT2D eigenvalue weighted by Crippen LogP contribution is -1.94. The monoisotopic (exact) mass is 389 g/mol. The summed E-state index contributed by atoms with van der Waals surface area (Å²) in [6.45, 7) is 2.72. The van der Waals surface area contributed by atoms with E-state index < -0.39 is 0 Å². The Morgan fingerprint density at radius 3 is 1.29 bits per heavy atom. The highest BCUT2D eigenvalue weighted by atomic mass is 79.9. The summed E-state index contributed by atoms with van der Waals surface area (Å²) in [6, 6.07) is 26.0. The average Bonchev–Trinajstić information content (AvgIpc) is 2.60. The summed E-state index contributed by atoms with van der Waals surface area (Å²) in [7, 11) is 0. The highest BCUT2D eigenvalue weighted by molar-refractivity contribution is 8.93. The minimum absolute atomic E-state index is 0. The van der Waals surface area contributed by atoms with E-state index in [1.54, 1.807) is 0 Å². The van der Waals surface area contributed by atoms with Crippen LogP contribution in [-0.4, -0.2) is 10.2 Å². The van der Waals surface area contributed by atoms with E-state index in [2.05, 4.69) is 19.1 Å². The molecule has 128 valence electrons. The van der Waals surface area contributed by atoms with Crippen molar-refractivity contribution in [1.29, 1.82) is 0 Å². The summed E-state index contributed by atoms with van der Waals surface area (Å²) < 4.78 is 0. The second-order valence-corrected chi connectivity index (χ2v) is 4.86. The molecule has 0 aliphatic rings. The van der Waals surface area contributed by atoms with Gasteiger partial charge in [-0.3, -0.25) is 0 Å². The number of nitrogens with two attached hydrogens (primary N) is 1. The molecule has 0 heterocycles. The number of halogens is 1. The molecule has 0 atom stereocenters. The van der Waals surface area contributed by atoms with E-state index in [1.807, 2.05) is 48.5 Å². The van der Waals surface area contributed by atoms with Crippen LogP contribution in [0.2, 0.25) is 0 Å². The average molecular weight is 390 g/mol. The summed E-state index contributed by atoms with van der Waals surface area (Å²) in [5.41, 5.74) is 7.86. The van der Waals surface area contributed by atoms with E-state index in [4.69, 9.17) is 15.9 Å². The zero-order valence-electron chi connectivity index (χ0n) is 13.7. The maximum Gasteiger partial charge on any atom is 0.115 e. The summed E-state index contributed by atoms with van der Waals surface area (Å²) >= 11 is 0. The third-order valence-electron chi connectivity index (χ3n) is 2.87. The van der Waals surface area contributed by atoms with Gasteiger partial charge < -0.3 is 15.9 Å². The van der Waals surface area contributed by atoms with Crippen molar-refractivity contribution in [1.82, 2.24) is 0 Å². The van der Waals surface area contributed by atoms with Gasteiger partial charge in [0.1, 0.15) is 11.5 Å². The maximum absolute atomic E-state index is 8.65. The van der Waals surface area contributed by atoms with E-state index in [9.17, 15) is 0 Å². The molecular weight excluding hydrogens is 366 g/mol. The molecule has 0 aliphatic heterocycles. The van der Waals surface area contributed by atoms with Crippen LogP contribution < -0.4 is 5.73 Å². The molecule has 0 aliphatic carbocycles. The predicted molar refractivity (Wildman–Crippen MR) is 106 cm³/mol. The Bertz CT molecular complexity index is 623. The van der Waals surface area contributed by atoms with Gasteiger partial charge in [0.25, 0.3) is 0 Å². The maximum atomic E-state index is 8.65. The fraction of sp³-hybridized carbons (Fsp3) is 0.100. The minimum Gasteiger partial charge on any atom is -0.508 e. The van der Waals surface area contributed by atoms with Crippen molar-refractivity contribution < 1.29 is 10.2 Å². The molecule has 3 aromatic carbocycles. The molecule has 0 aromatic heterocycles. The lowest BCUT2D eigenvalue weighted by Gasteiger charge is -1.90. The van der Waals surface area contributed by atoms with Gasteiger partial charge in [-0.15, -0.1) is 17.0 Å². The number of phenolic OH excluding ortho intramolecular Hbond substituents is 2. The van der Waals surface area contributed by atoms with Crippen molar-refractivity contribution in [3.05, 3.63) is 96.1 Å². The van der Waals surface area contributed by atoms with Crippen molar-refractivity contribution in [2.45, 2.75) is 13.5 Å². The first-order valence-corrected chi connectivity index (χ1v) is 7.35. The number of rotatable bonds is 1. The molecule has 3 nitrogen and oxygen atoms in total. The van der Waals surface area contributed by atoms with Crippen LogP contribution in [0.4, 0.5) is 0 Å². The van der Waals surface area contributed by atoms with Crippen LogP contribution in [0.5, 0.6) is 11.5 Å². The molecular formula is C20H24BrNO2. The third-order valence-corrected chi connectivity index (χ3v) is 2.87. The number of aromatic hydroxyl groups is 2. The molecule has 0 saturated heterocycles. The second-order valence-electron chi connectivity index (χ2n) is 4.86. The zero-order valence-corrected chi connectivity index (χ0v) is 15.4. The van der Waals surface area contributed by atoms with Crippen LogP contribution in [-0.2, 0) is 6.54 Å². The van der Waals surface area contributed by atoms with Crippen LogP contribution in [0.25, 0.3) is 0 Å². The Kier molecular flexibility index (Phi) is 11.9. The zero-order chi connectivity index (χ0) is 16.9. The van der Waals surface area contributed by atoms with Crippen LogP contribution >= 0.6 is 17.0 Å². The van der Waals surface area contributed by atoms with E-state index in [-0.39, 0.29) is 28.5 Å². The van der Waals surface area contributed by atoms with Gasteiger partial charge in [-0.05, 0) is 36.8 Å². The fourth-order valence-electron chi connectivity index (χ4n) is 1.60. The summed E-state index contributed by atoms with van der Waals surface area (Å²) in [5.74, 6) is 0.339. The quantitative estimate of drug-likeness (QED) is 0.522. The number of hydrogen-bond acceptors (Lipinski definition) is 3. The molecule has 3 rings (SSSR count). The van der Waals surface area contributed by atoms with Crippen LogP contribution in [0.15, 0.2) is 84.9 Å². The topological polar surface area (TPSA) is 66.5 Å². The third kappa shape index (κ3) is 10.4. The smallest absolute Gasteiger partial charge is 0.115 e. The first-order valence-electron chi connectivity index (χ1n) is 7.35. The molecule has 0 amide bonds. The van der Waals surface area contributed by atoms with Gasteiger partial charge in [0.15, 0.2) is 0 Å². The van der Waals surface area contributed by atoms with Gasteiger partial charge in [0.05, 0.1) is 0 Å². The van der Waals surface area contributed by atoms with Gasteiger partial charge >= 0.3 is 0 Å². The summed E-state index contributed by atoms with van der Waals surface area (Å²) in [6.07, 6.45) is 0. The Balaban J connectivity index is 0.000000325. The summed E-state index contributed by atoms with van der Waals surface area (Å²) in [4.78, 5) is 0. The second kappa shape index (κ2) is 13.2. The lowest BCUT2D eigenvalue weighted by molar-refractivity contribution is 0.460. The Labute approximate surface area is 154 Å². The Hall–Kier alpha value is -2.30. The molecule has 0 saturated carbocycles. The van der Waals surface area contributed by atoms with Gasteiger partial charge in [-0.1, -0.05) is 66.2 Å². The van der Waals surface area contributed by atoms with Crippen molar-refractivity contribution in [2.24, 2.45) is 5.73 Å². The Morgan fingerprint density at radius 1 is 0.667 bits per heavy atom. The van der Waals surface area contributed by atoms with Gasteiger partial charge in [-0.25, -0.2) is 0 Å². The van der Waals surface area contributed by atoms with Crippen molar-refractivity contribution in [3.8, 4) is 11.5 Å². The van der Waals surface area contributed by atoms with Crippen LogP contribution in [0.3, 0.4) is 0 Å². The highest BCUT2D eigenvalue weighted by Gasteiger charge is 1.84. The normalized spacial score (nSPS) is 8.58. The fourth-order valence-corrected chi connectivity index (χ4v) is 1.60. The largest absolute Gasteiger partial charge is 0.508 e. The number of benzene rings is 3. The van der Waals surface area contributed by atoms with Gasteiger partial charge in [0, 0.05) is 6.54 Å². The lowest BCUT2D eigenvalue weighted by atomic mass is 10.2. The van der Waals surface area contributed by atoms with Crippen LogP contribution in [0.1, 0.15) is 11.1 Å². The number of hydrogen-bond donors (Lipinski definition) is 3. The molecule has 3 aromatic rings. The Morgan fingerprint density at radius 2 is 1.04 bits per heavy atom. The first kappa shape index (κ1) is 21.7. The molecule has 0 bridgehead atoms. The van der Waals surface area contributed by atoms with Crippen molar-refractivity contribution >= 4 is 17.0 Å². The molecule has 4 heteroatoms. The molecule has 0 fully saturated rings. The standard InChI is InChI=1S/C7H9N.C7H8.C6H6O2.BrH/c8-6-7-4-2-1-3-5-7;1-7-5-3-2-4-6-7;7-5-1-2-6(8)4-3-5;/h1-5H,6,8H2;2-6H,1H3;1-4,7-8H;1H. The molecule has 4 N–H and O–H groups in total. The number of aryl methyl sites for hydroxylation is 1. The molecule has 0 spiro atoms. The van der Waals surface area contributed by atoms with Gasteiger partial charge in [0.2, 0.25) is 0 Å². The van der Waals surface area contributed by atoms with E-state index in [1.165, 1.54) is 35.4 Å². The predicted octanol–water partition coefficient (Wildman–Crippen LogP) is 4.82. The molecule has 0 radical (unpaired) electrons. The molecule has 24 heavy (non-hydrogen) atoms. The van der Waals surface area contributed by atoms with E-state index in [0.29, 0.717) is 6.54 Å². The van der Waals surface area contributed by atoms with Crippen molar-refractivity contribution in [3.63, 3.8) is 0 Å². The van der Waals surface area contributed by atoms with Gasteiger partial charge in [-0.2, -0.15) is 0 Å². The van der Waals surface area contributed by atoms with Crippen molar-refractivity contribution in [2.75, 3.05) is 0 Å². The first-order chi connectivity index (χ1) is 11.1. The highest BCUT2D eigenvalue weighted by Crippen LogP contribution is 2.13. The van der Waals surface area contributed by atoms with Crippen LogP contribution in [0, 0.1) is 6.92 Å². The minimum atomic E-state index is 0.